The highest BCUT2D eigenvalue weighted by atomic mass is 35.5. The number of carbonyl (C=O) groups excluding carboxylic acids is 1. The predicted molar refractivity (Wildman–Crippen MR) is 91.1 cm³/mol. The first kappa shape index (κ1) is 18.8. The molecule has 1 fully saturated rings. The van der Waals surface area contributed by atoms with Crippen molar-refractivity contribution in [1.82, 2.24) is 10.2 Å². The SMILES string of the molecule is O=C1CCCN1CCCNC(=S)Nc1ccc(Cl)c(C(F)(F)F)c1. The van der Waals surface area contributed by atoms with Gasteiger partial charge in [-0.1, -0.05) is 11.6 Å². The monoisotopic (exact) mass is 379 g/mol. The van der Waals surface area contributed by atoms with Crippen LogP contribution in [-0.2, 0) is 11.0 Å². The Morgan fingerprint density at radius 2 is 2.12 bits per heavy atom. The zero-order chi connectivity index (χ0) is 17.7. The van der Waals surface area contributed by atoms with Crippen molar-refractivity contribution in [1.29, 1.82) is 0 Å². The van der Waals surface area contributed by atoms with E-state index in [-0.39, 0.29) is 21.7 Å². The van der Waals surface area contributed by atoms with Gasteiger partial charge in [0.05, 0.1) is 10.6 Å². The van der Waals surface area contributed by atoms with Crippen LogP contribution < -0.4 is 10.6 Å². The van der Waals surface area contributed by atoms with E-state index in [0.717, 1.165) is 19.0 Å². The highest BCUT2D eigenvalue weighted by molar-refractivity contribution is 7.80. The first-order valence-corrected chi connectivity index (χ1v) is 8.25. The molecule has 0 bridgehead atoms. The second kappa shape index (κ2) is 8.02. The molecule has 1 heterocycles. The number of amides is 1. The van der Waals surface area contributed by atoms with Crippen LogP contribution >= 0.6 is 23.8 Å². The molecule has 0 atom stereocenters. The van der Waals surface area contributed by atoms with E-state index < -0.39 is 11.7 Å². The molecule has 1 aliphatic heterocycles. The lowest BCUT2D eigenvalue weighted by atomic mass is 10.2. The molecule has 0 aliphatic carbocycles. The summed E-state index contributed by atoms with van der Waals surface area (Å²) in [6.07, 6.45) is -2.32. The van der Waals surface area contributed by atoms with Crippen LogP contribution in [0.2, 0.25) is 5.02 Å². The molecule has 0 unspecified atom stereocenters. The van der Waals surface area contributed by atoms with Crippen molar-refractivity contribution in [2.75, 3.05) is 25.0 Å². The van der Waals surface area contributed by atoms with Crippen LogP contribution in [0.5, 0.6) is 0 Å². The number of nitrogens with one attached hydrogen (secondary N) is 2. The van der Waals surface area contributed by atoms with Crippen molar-refractivity contribution < 1.29 is 18.0 Å². The van der Waals surface area contributed by atoms with Gasteiger partial charge in [-0.15, -0.1) is 0 Å². The maximum atomic E-state index is 12.8. The van der Waals surface area contributed by atoms with E-state index in [2.05, 4.69) is 10.6 Å². The van der Waals surface area contributed by atoms with Gasteiger partial charge >= 0.3 is 6.18 Å². The minimum Gasteiger partial charge on any atom is -0.362 e. The van der Waals surface area contributed by atoms with Gasteiger partial charge in [0, 0.05) is 31.7 Å². The average Bonchev–Trinajstić information content (AvgIpc) is 2.90. The Hall–Kier alpha value is -1.54. The molecule has 1 aromatic rings. The second-order valence-electron chi connectivity index (χ2n) is 5.41. The molecule has 2 N–H and O–H groups in total. The third-order valence-electron chi connectivity index (χ3n) is 3.59. The number of halogens is 4. The van der Waals surface area contributed by atoms with Crippen molar-refractivity contribution in [2.24, 2.45) is 0 Å². The van der Waals surface area contributed by atoms with Crippen LogP contribution in [0.1, 0.15) is 24.8 Å². The summed E-state index contributed by atoms with van der Waals surface area (Å²) in [6, 6.07) is 3.52. The number of alkyl halides is 3. The first-order chi connectivity index (χ1) is 11.3. The van der Waals surface area contributed by atoms with Crippen molar-refractivity contribution >= 4 is 40.5 Å². The number of hydrogen-bond donors (Lipinski definition) is 2. The number of anilines is 1. The molecule has 1 aliphatic rings. The molecule has 0 radical (unpaired) electrons. The number of benzene rings is 1. The summed E-state index contributed by atoms with van der Waals surface area (Å²) in [5, 5.41) is 5.47. The topological polar surface area (TPSA) is 44.4 Å². The summed E-state index contributed by atoms with van der Waals surface area (Å²) >= 11 is 10.6. The molecular formula is C15H17ClF3N3OS. The molecule has 9 heteroatoms. The van der Waals surface area contributed by atoms with Gasteiger partial charge in [-0.25, -0.2) is 0 Å². The number of hydrogen-bond acceptors (Lipinski definition) is 2. The number of carbonyl (C=O) groups is 1. The van der Waals surface area contributed by atoms with Gasteiger partial charge in [0.1, 0.15) is 0 Å². The van der Waals surface area contributed by atoms with Crippen molar-refractivity contribution in [3.63, 3.8) is 0 Å². The molecule has 0 saturated carbocycles. The summed E-state index contributed by atoms with van der Waals surface area (Å²) in [5.41, 5.74) is -0.705. The van der Waals surface area contributed by atoms with Gasteiger partial charge in [-0.05, 0) is 43.3 Å². The summed E-state index contributed by atoms with van der Waals surface area (Å²) in [6.45, 7) is 1.95. The Kier molecular flexibility index (Phi) is 6.28. The smallest absolute Gasteiger partial charge is 0.362 e. The molecule has 0 spiro atoms. The van der Waals surface area contributed by atoms with E-state index >= 15 is 0 Å². The fourth-order valence-corrected chi connectivity index (χ4v) is 2.85. The summed E-state index contributed by atoms with van der Waals surface area (Å²) < 4.78 is 38.4. The molecule has 4 nitrogen and oxygen atoms in total. The van der Waals surface area contributed by atoms with E-state index in [4.69, 9.17) is 23.8 Å². The highest BCUT2D eigenvalue weighted by Gasteiger charge is 2.33. The minimum absolute atomic E-state index is 0.163. The number of rotatable bonds is 5. The Bertz CT molecular complexity index is 624. The molecule has 1 saturated heterocycles. The molecular weight excluding hydrogens is 363 g/mol. The molecule has 1 amide bonds. The molecule has 1 aromatic carbocycles. The zero-order valence-corrected chi connectivity index (χ0v) is 14.3. The van der Waals surface area contributed by atoms with E-state index in [1.165, 1.54) is 12.1 Å². The van der Waals surface area contributed by atoms with E-state index in [9.17, 15) is 18.0 Å². The summed E-state index contributed by atoms with van der Waals surface area (Å²) in [7, 11) is 0. The second-order valence-corrected chi connectivity index (χ2v) is 6.23. The van der Waals surface area contributed by atoms with Crippen LogP contribution in [-0.4, -0.2) is 35.6 Å². The van der Waals surface area contributed by atoms with Crippen LogP contribution in [0.4, 0.5) is 18.9 Å². The molecule has 2 rings (SSSR count). The zero-order valence-electron chi connectivity index (χ0n) is 12.8. The van der Waals surface area contributed by atoms with Crippen LogP contribution in [0.25, 0.3) is 0 Å². The van der Waals surface area contributed by atoms with Gasteiger partial charge in [0.15, 0.2) is 5.11 Å². The van der Waals surface area contributed by atoms with E-state index in [1.54, 1.807) is 4.90 Å². The molecule has 24 heavy (non-hydrogen) atoms. The van der Waals surface area contributed by atoms with Crippen LogP contribution in [0.15, 0.2) is 18.2 Å². The Morgan fingerprint density at radius 1 is 1.38 bits per heavy atom. The number of thiocarbonyl (C=S) groups is 1. The number of likely N-dealkylation sites (tertiary alicyclic amines) is 1. The minimum atomic E-state index is -4.52. The average molecular weight is 380 g/mol. The summed E-state index contributed by atoms with van der Waals surface area (Å²) in [5.74, 6) is 0.163. The predicted octanol–water partition coefficient (Wildman–Crippen LogP) is 3.66. The standard InChI is InChI=1S/C15H17ClF3N3OS/c16-12-5-4-10(9-11(12)15(17,18)19)21-14(24)20-6-2-8-22-7-1-3-13(22)23/h4-5,9H,1-3,6-8H2,(H2,20,21,24). The quantitative estimate of drug-likeness (QED) is 0.605. The lowest BCUT2D eigenvalue weighted by Gasteiger charge is -2.16. The van der Waals surface area contributed by atoms with Gasteiger partial charge in [0.25, 0.3) is 0 Å². The summed E-state index contributed by atoms with van der Waals surface area (Å²) in [4.78, 5) is 13.2. The maximum Gasteiger partial charge on any atom is 0.417 e. The van der Waals surface area contributed by atoms with Crippen LogP contribution in [0, 0.1) is 0 Å². The molecule has 0 aromatic heterocycles. The van der Waals surface area contributed by atoms with E-state index in [0.29, 0.717) is 25.9 Å². The number of nitrogens with zero attached hydrogens (tertiary/aromatic N) is 1. The lowest BCUT2D eigenvalue weighted by Crippen LogP contribution is -2.32. The third kappa shape index (κ3) is 5.24. The Morgan fingerprint density at radius 3 is 2.75 bits per heavy atom. The fourth-order valence-electron chi connectivity index (χ4n) is 2.41. The van der Waals surface area contributed by atoms with Crippen molar-refractivity contribution in [3.8, 4) is 0 Å². The third-order valence-corrected chi connectivity index (χ3v) is 4.17. The van der Waals surface area contributed by atoms with Crippen molar-refractivity contribution in [2.45, 2.75) is 25.4 Å². The van der Waals surface area contributed by atoms with Crippen molar-refractivity contribution in [3.05, 3.63) is 28.8 Å². The van der Waals surface area contributed by atoms with Gasteiger partial charge in [-0.2, -0.15) is 13.2 Å². The Balaban J connectivity index is 1.79. The van der Waals surface area contributed by atoms with Gasteiger partial charge in [-0.3, -0.25) is 4.79 Å². The van der Waals surface area contributed by atoms with E-state index in [1.807, 2.05) is 0 Å². The highest BCUT2D eigenvalue weighted by Crippen LogP contribution is 2.36. The largest absolute Gasteiger partial charge is 0.417 e. The molecule has 132 valence electrons. The first-order valence-electron chi connectivity index (χ1n) is 7.47. The Labute approximate surface area is 148 Å². The maximum absolute atomic E-state index is 12.8. The lowest BCUT2D eigenvalue weighted by molar-refractivity contribution is -0.137. The fraction of sp³-hybridized carbons (Fsp3) is 0.467. The van der Waals surface area contributed by atoms with Gasteiger partial charge < -0.3 is 15.5 Å². The van der Waals surface area contributed by atoms with Gasteiger partial charge in [0.2, 0.25) is 5.91 Å². The van der Waals surface area contributed by atoms with Crippen LogP contribution in [0.3, 0.4) is 0 Å². The normalized spacial score (nSPS) is 14.8.